The van der Waals surface area contributed by atoms with Crippen molar-refractivity contribution in [3.63, 3.8) is 0 Å². The van der Waals surface area contributed by atoms with E-state index in [-0.39, 0.29) is 12.3 Å². The molecule has 1 aromatic rings. The highest BCUT2D eigenvalue weighted by Crippen LogP contribution is 2.30. The number of halogens is 1. The van der Waals surface area contributed by atoms with E-state index in [1.54, 1.807) is 17.4 Å². The Morgan fingerprint density at radius 1 is 1.56 bits per heavy atom. The predicted octanol–water partition coefficient (Wildman–Crippen LogP) is 3.18. The number of ether oxygens (including phenoxy) is 1. The number of carbonyl (C=O) groups excluding carboxylic acids is 1. The molecule has 18 heavy (non-hydrogen) atoms. The molecule has 1 saturated heterocycles. The summed E-state index contributed by atoms with van der Waals surface area (Å²) in [5.41, 5.74) is -0.462. The topological polar surface area (TPSA) is 47.4 Å². The third-order valence-electron chi connectivity index (χ3n) is 2.79. The van der Waals surface area contributed by atoms with Gasteiger partial charge in [-0.05, 0) is 49.5 Å². The molecule has 1 atom stereocenters. The lowest BCUT2D eigenvalue weighted by Crippen LogP contribution is -2.38. The Hall–Kier alpha value is -1.04. The minimum Gasteiger partial charge on any atom is -0.444 e. The summed E-state index contributed by atoms with van der Waals surface area (Å²) in [7, 11) is 0. The monoisotopic (exact) mass is 315 g/mol. The summed E-state index contributed by atoms with van der Waals surface area (Å²) in [6.45, 7) is 6.36. The van der Waals surface area contributed by atoms with Gasteiger partial charge in [0.15, 0.2) is 0 Å². The van der Waals surface area contributed by atoms with E-state index in [4.69, 9.17) is 4.74 Å². The quantitative estimate of drug-likeness (QED) is 0.799. The number of carbonyl (C=O) groups is 1. The Labute approximate surface area is 115 Å². The van der Waals surface area contributed by atoms with E-state index in [9.17, 15) is 4.79 Å². The van der Waals surface area contributed by atoms with Crippen molar-refractivity contribution < 1.29 is 9.53 Å². The normalized spacial score (nSPS) is 20.2. The second-order valence-electron chi connectivity index (χ2n) is 5.42. The molecule has 1 aliphatic heterocycles. The van der Waals surface area contributed by atoms with Gasteiger partial charge in [-0.2, -0.15) is 0 Å². The Morgan fingerprint density at radius 3 is 2.83 bits per heavy atom. The van der Waals surface area contributed by atoms with Gasteiger partial charge in [-0.15, -0.1) is 0 Å². The summed E-state index contributed by atoms with van der Waals surface area (Å²) < 4.78 is 8.26. The first kappa shape index (κ1) is 13.4. The van der Waals surface area contributed by atoms with Crippen LogP contribution in [0.2, 0.25) is 0 Å². The van der Waals surface area contributed by atoms with Crippen LogP contribution in [0.25, 0.3) is 0 Å². The van der Waals surface area contributed by atoms with Gasteiger partial charge in [-0.1, -0.05) is 0 Å². The maximum Gasteiger partial charge on any atom is 0.411 e. The molecule has 0 spiro atoms. The van der Waals surface area contributed by atoms with Crippen LogP contribution in [0.5, 0.6) is 0 Å². The molecule has 0 aliphatic carbocycles. The molecule has 0 aromatic carbocycles. The Kier molecular flexibility index (Phi) is 3.66. The Bertz CT molecular complexity index is 439. The maximum absolute atomic E-state index is 12.1. The average molecular weight is 316 g/mol. The zero-order chi connectivity index (χ0) is 13.3. The van der Waals surface area contributed by atoms with Crippen molar-refractivity contribution >= 4 is 22.0 Å². The lowest BCUT2D eigenvalue weighted by Gasteiger charge is -2.29. The van der Waals surface area contributed by atoms with E-state index in [1.807, 2.05) is 25.3 Å². The van der Waals surface area contributed by atoms with Gasteiger partial charge >= 0.3 is 6.09 Å². The van der Waals surface area contributed by atoms with Crippen LogP contribution in [0.1, 0.15) is 39.8 Å². The van der Waals surface area contributed by atoms with Crippen LogP contribution in [0.15, 0.2) is 17.1 Å². The minimum absolute atomic E-state index is 0.00303. The van der Waals surface area contributed by atoms with Gasteiger partial charge in [-0.25, -0.2) is 9.78 Å². The first-order valence-corrected chi connectivity index (χ1v) is 6.85. The van der Waals surface area contributed by atoms with Crippen LogP contribution in [-0.4, -0.2) is 32.7 Å². The zero-order valence-corrected chi connectivity index (χ0v) is 12.5. The Balaban J connectivity index is 2.13. The fourth-order valence-electron chi connectivity index (χ4n) is 2.08. The summed E-state index contributed by atoms with van der Waals surface area (Å²) in [4.78, 5) is 18.0. The first-order valence-electron chi connectivity index (χ1n) is 6.05. The largest absolute Gasteiger partial charge is 0.444 e. The van der Waals surface area contributed by atoms with Crippen molar-refractivity contribution in [2.45, 2.75) is 45.4 Å². The second-order valence-corrected chi connectivity index (χ2v) is 6.23. The molecule has 100 valence electrons. The molecule has 1 amide bonds. The lowest BCUT2D eigenvalue weighted by atomic mass is 10.2. The second kappa shape index (κ2) is 4.91. The highest BCUT2D eigenvalue weighted by atomic mass is 79.9. The van der Waals surface area contributed by atoms with Crippen molar-refractivity contribution in [2.24, 2.45) is 0 Å². The highest BCUT2D eigenvalue weighted by molar-refractivity contribution is 9.10. The standard InChI is InChI=1S/C12H18BrN3O2/c1-12(2,3)18-11(17)15-6-4-5-10(15)16-8-14-7-9(16)13/h7-8,10H,4-6H2,1-3H3/t10-/m0/s1. The molecule has 1 aromatic heterocycles. The Morgan fingerprint density at radius 2 is 2.28 bits per heavy atom. The zero-order valence-electron chi connectivity index (χ0n) is 10.9. The molecule has 0 unspecified atom stereocenters. The molecule has 2 rings (SSSR count). The molecule has 0 saturated carbocycles. The van der Waals surface area contributed by atoms with Crippen molar-refractivity contribution in [2.75, 3.05) is 6.54 Å². The van der Waals surface area contributed by atoms with Crippen LogP contribution in [0.3, 0.4) is 0 Å². The van der Waals surface area contributed by atoms with Gasteiger partial charge in [-0.3, -0.25) is 4.90 Å². The van der Waals surface area contributed by atoms with E-state index in [0.717, 1.165) is 24.0 Å². The SMILES string of the molecule is CC(C)(C)OC(=O)N1CCC[C@@H]1n1cncc1Br. The highest BCUT2D eigenvalue weighted by Gasteiger charge is 2.33. The number of hydrogen-bond acceptors (Lipinski definition) is 3. The molecule has 0 radical (unpaired) electrons. The molecule has 2 heterocycles. The number of hydrogen-bond donors (Lipinski definition) is 0. The van der Waals surface area contributed by atoms with Crippen molar-refractivity contribution in [3.05, 3.63) is 17.1 Å². The van der Waals surface area contributed by atoms with Crippen LogP contribution < -0.4 is 0 Å². The molecular weight excluding hydrogens is 298 g/mol. The summed E-state index contributed by atoms with van der Waals surface area (Å²) in [5, 5.41) is 0. The van der Waals surface area contributed by atoms with Gasteiger partial charge in [0.25, 0.3) is 0 Å². The lowest BCUT2D eigenvalue weighted by molar-refractivity contribution is 0.0161. The number of imidazole rings is 1. The van der Waals surface area contributed by atoms with Gasteiger partial charge in [0.05, 0.1) is 12.5 Å². The van der Waals surface area contributed by atoms with Crippen LogP contribution >= 0.6 is 15.9 Å². The first-order chi connectivity index (χ1) is 8.38. The van der Waals surface area contributed by atoms with Crippen molar-refractivity contribution in [3.8, 4) is 0 Å². The molecule has 1 fully saturated rings. The van der Waals surface area contributed by atoms with Gasteiger partial charge in [0.1, 0.15) is 16.4 Å². The third-order valence-corrected chi connectivity index (χ3v) is 3.40. The number of aromatic nitrogens is 2. The number of likely N-dealkylation sites (tertiary alicyclic amines) is 1. The minimum atomic E-state index is -0.462. The van der Waals surface area contributed by atoms with E-state index >= 15 is 0 Å². The summed E-state index contributed by atoms with van der Waals surface area (Å²) in [5.74, 6) is 0. The number of rotatable bonds is 1. The summed E-state index contributed by atoms with van der Waals surface area (Å²) in [6.07, 6.45) is 5.11. The van der Waals surface area contributed by atoms with Crippen LogP contribution in [-0.2, 0) is 4.74 Å². The van der Waals surface area contributed by atoms with Gasteiger partial charge in [0.2, 0.25) is 0 Å². The molecule has 1 aliphatic rings. The molecule has 6 heteroatoms. The van der Waals surface area contributed by atoms with E-state index in [2.05, 4.69) is 20.9 Å². The van der Waals surface area contributed by atoms with E-state index in [0.29, 0.717) is 0 Å². The van der Waals surface area contributed by atoms with E-state index < -0.39 is 5.60 Å². The molecular formula is C12H18BrN3O2. The van der Waals surface area contributed by atoms with Crippen LogP contribution in [0, 0.1) is 0 Å². The smallest absolute Gasteiger partial charge is 0.411 e. The summed E-state index contributed by atoms with van der Waals surface area (Å²) in [6, 6.07) is 0. The molecule has 0 N–H and O–H groups in total. The third kappa shape index (κ3) is 2.85. The molecule has 5 nitrogen and oxygen atoms in total. The summed E-state index contributed by atoms with van der Waals surface area (Å²) >= 11 is 3.44. The number of nitrogens with zero attached hydrogens (tertiary/aromatic N) is 3. The predicted molar refractivity (Wildman–Crippen MR) is 71.1 cm³/mol. The average Bonchev–Trinajstić information content (AvgIpc) is 2.82. The van der Waals surface area contributed by atoms with Crippen molar-refractivity contribution in [1.29, 1.82) is 0 Å². The number of amides is 1. The van der Waals surface area contributed by atoms with Crippen molar-refractivity contribution in [1.82, 2.24) is 14.5 Å². The van der Waals surface area contributed by atoms with Gasteiger partial charge in [0, 0.05) is 6.54 Å². The fraction of sp³-hybridized carbons (Fsp3) is 0.667. The maximum atomic E-state index is 12.1. The van der Waals surface area contributed by atoms with E-state index in [1.165, 1.54) is 0 Å². The fourth-order valence-corrected chi connectivity index (χ4v) is 2.53. The molecule has 0 bridgehead atoms. The van der Waals surface area contributed by atoms with Gasteiger partial charge < -0.3 is 9.30 Å². The van der Waals surface area contributed by atoms with Crippen LogP contribution in [0.4, 0.5) is 4.79 Å².